The molecule has 0 unspecified atom stereocenters. The van der Waals surface area contributed by atoms with Gasteiger partial charge in [-0.3, -0.25) is 0 Å². The molecule has 9 nitrogen and oxygen atoms in total. The van der Waals surface area contributed by atoms with Gasteiger partial charge >= 0.3 is 29.6 Å². The van der Waals surface area contributed by atoms with Crippen LogP contribution in [-0.2, 0) is 10.1 Å². The van der Waals surface area contributed by atoms with E-state index in [-0.39, 0.29) is 63.1 Å². The minimum absolute atomic E-state index is 0. The van der Waals surface area contributed by atoms with E-state index in [1.54, 1.807) is 6.07 Å². The molecule has 3 aromatic carbocycles. The summed E-state index contributed by atoms with van der Waals surface area (Å²) in [7, 11) is -4.49. The van der Waals surface area contributed by atoms with E-state index in [2.05, 4.69) is 10.2 Å². The van der Waals surface area contributed by atoms with Crippen LogP contribution in [0.4, 0.5) is 11.4 Å². The summed E-state index contributed by atoms with van der Waals surface area (Å²) in [6, 6.07) is 14.5. The topological polar surface area (TPSA) is 163 Å². The zero-order valence-corrected chi connectivity index (χ0v) is 18.0. The zero-order chi connectivity index (χ0) is 20.7. The van der Waals surface area contributed by atoms with Crippen LogP contribution in [0.1, 0.15) is 0 Å². The molecule has 0 spiro atoms. The van der Waals surface area contributed by atoms with Gasteiger partial charge < -0.3 is 25.0 Å². The molecule has 0 aliphatic heterocycles. The van der Waals surface area contributed by atoms with Crippen LogP contribution >= 0.6 is 0 Å². The third kappa shape index (κ3) is 8.10. The molecule has 29 heavy (non-hydrogen) atoms. The summed E-state index contributed by atoms with van der Waals surface area (Å²) in [4.78, 5) is -0.357. The van der Waals surface area contributed by atoms with Gasteiger partial charge in [-0.15, -0.1) is 5.11 Å². The fraction of sp³-hybridized carbons (Fsp3) is 0. The van der Waals surface area contributed by atoms with Crippen molar-refractivity contribution in [2.45, 2.75) is 4.90 Å². The first-order valence-electron chi connectivity index (χ1n) is 7.63. The first-order chi connectivity index (χ1) is 13.1. The van der Waals surface area contributed by atoms with Crippen molar-refractivity contribution in [2.24, 2.45) is 10.2 Å². The molecular weight excluding hydrogens is 411 g/mol. The smallest absolute Gasteiger partial charge is 0.744 e. The molecule has 0 aliphatic carbocycles. The Morgan fingerprint density at radius 3 is 1.72 bits per heavy atom. The van der Waals surface area contributed by atoms with E-state index < -0.39 is 10.1 Å². The molecule has 4 N–H and O–H groups in total. The van der Waals surface area contributed by atoms with Crippen molar-refractivity contribution in [1.82, 2.24) is 0 Å². The second kappa shape index (κ2) is 10.8. The van der Waals surface area contributed by atoms with Crippen molar-refractivity contribution < 1.29 is 63.0 Å². The van der Waals surface area contributed by atoms with Crippen LogP contribution in [0.15, 0.2) is 81.9 Å². The van der Waals surface area contributed by atoms with Gasteiger partial charge in [-0.2, -0.15) is 5.11 Å². The Morgan fingerprint density at radius 2 is 1.28 bits per heavy atom. The Labute approximate surface area is 188 Å². The number of benzene rings is 3. The summed E-state index contributed by atoms with van der Waals surface area (Å²) in [5.41, 5.74) is 0.452. The Hall–Kier alpha value is -2.63. The van der Waals surface area contributed by atoms with Crippen LogP contribution < -0.4 is 29.6 Å². The van der Waals surface area contributed by atoms with E-state index in [1.165, 1.54) is 42.5 Å². The summed E-state index contributed by atoms with van der Waals surface area (Å²) < 4.78 is 32.2. The van der Waals surface area contributed by atoms with Crippen molar-refractivity contribution in [3.63, 3.8) is 0 Å². The zero-order valence-electron chi connectivity index (χ0n) is 15.2. The van der Waals surface area contributed by atoms with Crippen molar-refractivity contribution in [1.29, 1.82) is 0 Å². The van der Waals surface area contributed by atoms with Crippen molar-refractivity contribution in [3.8, 4) is 23.0 Å². The van der Waals surface area contributed by atoms with Crippen molar-refractivity contribution in [3.05, 3.63) is 66.7 Å². The van der Waals surface area contributed by atoms with E-state index in [1.807, 2.05) is 0 Å². The van der Waals surface area contributed by atoms with Crippen LogP contribution in [0.5, 0.6) is 23.0 Å². The predicted molar refractivity (Wildman–Crippen MR) is 98.1 cm³/mol. The van der Waals surface area contributed by atoms with Gasteiger partial charge in [-0.1, -0.05) is 6.07 Å². The Kier molecular flexibility index (Phi) is 9.08. The van der Waals surface area contributed by atoms with Gasteiger partial charge in [0.25, 0.3) is 0 Å². The molecule has 0 radical (unpaired) electrons. The molecule has 0 saturated heterocycles. The normalized spacial score (nSPS) is 10.7. The molecule has 0 amide bonds. The molecule has 0 fully saturated rings. The van der Waals surface area contributed by atoms with Gasteiger partial charge in [0.05, 0.1) is 10.6 Å². The maximum absolute atomic E-state index is 10.7. The average Bonchev–Trinajstić information content (AvgIpc) is 2.61. The molecule has 0 aromatic heterocycles. The summed E-state index contributed by atoms with van der Waals surface area (Å²) in [6.07, 6.45) is 0. The Morgan fingerprint density at radius 1 is 0.724 bits per heavy atom. The second-order valence-corrected chi connectivity index (χ2v) is 6.72. The monoisotopic (exact) mass is 426 g/mol. The number of azo groups is 1. The summed E-state index contributed by atoms with van der Waals surface area (Å²) in [5.74, 6) is -0.172. The molecule has 0 atom stereocenters. The summed E-state index contributed by atoms with van der Waals surface area (Å²) in [5, 5.41) is 43.4. The number of phenols is 4. The minimum Gasteiger partial charge on any atom is -0.744 e. The van der Waals surface area contributed by atoms with E-state index in [9.17, 15) is 18.1 Å². The fourth-order valence-corrected chi connectivity index (χ4v) is 2.35. The number of hydrogen-bond acceptors (Lipinski definition) is 9. The van der Waals surface area contributed by atoms with Gasteiger partial charge in [0.1, 0.15) is 38.8 Å². The van der Waals surface area contributed by atoms with E-state index >= 15 is 0 Å². The molecule has 11 heteroatoms. The summed E-state index contributed by atoms with van der Waals surface area (Å²) >= 11 is 0. The molecule has 3 aromatic rings. The minimum atomic E-state index is -4.49. The quantitative estimate of drug-likeness (QED) is 0.269. The first-order valence-corrected chi connectivity index (χ1v) is 9.03. The third-order valence-electron chi connectivity index (χ3n) is 3.19. The van der Waals surface area contributed by atoms with Gasteiger partial charge in [-0.25, -0.2) is 8.42 Å². The molecular formula is C18H15N2NaO7S. The molecule has 3 rings (SSSR count). The Balaban J connectivity index is 0.000000394. The van der Waals surface area contributed by atoms with Crippen LogP contribution in [0.25, 0.3) is 0 Å². The van der Waals surface area contributed by atoms with Crippen LogP contribution in [-0.4, -0.2) is 33.4 Å². The maximum atomic E-state index is 10.7. The first kappa shape index (κ1) is 24.4. The summed E-state index contributed by atoms with van der Waals surface area (Å²) in [6.45, 7) is 0. The number of nitrogens with zero attached hydrogens (tertiary/aromatic N) is 2. The molecule has 0 saturated carbocycles. The number of phenolic OH excluding ortho intramolecular Hbond substituents is 4. The number of hydrogen-bond donors (Lipinski definition) is 4. The SMILES string of the molecule is O=S(=O)([O-])c1ccc(/N=N/c2ccc(O)cc2O)cc1.Oc1cccc(O)c1.[Na+]. The van der Waals surface area contributed by atoms with Crippen molar-refractivity contribution in [2.75, 3.05) is 0 Å². The number of aromatic hydroxyl groups is 4. The average molecular weight is 426 g/mol. The molecule has 0 aliphatic rings. The van der Waals surface area contributed by atoms with Gasteiger partial charge in [0.2, 0.25) is 0 Å². The standard InChI is InChI=1S/C12H10N2O5S.C6H6O2.Na/c15-9-3-6-11(12(16)7-9)14-13-8-1-4-10(5-2-8)20(17,18)19;7-5-2-1-3-6(8)4-5;/h1-7,15-16H,(H,17,18,19);1-4,7-8H;/q;;+1/p-1/b14-13+;;. The third-order valence-corrected chi connectivity index (χ3v) is 4.04. The molecule has 146 valence electrons. The largest absolute Gasteiger partial charge is 1.00 e. The van der Waals surface area contributed by atoms with Crippen LogP contribution in [0.3, 0.4) is 0 Å². The van der Waals surface area contributed by atoms with Crippen molar-refractivity contribution >= 4 is 21.5 Å². The van der Waals surface area contributed by atoms with Crippen LogP contribution in [0, 0.1) is 0 Å². The van der Waals surface area contributed by atoms with Gasteiger partial charge in [-0.05, 0) is 48.5 Å². The van der Waals surface area contributed by atoms with Gasteiger partial charge in [0, 0.05) is 12.1 Å². The predicted octanol–water partition coefficient (Wildman–Crippen LogP) is 0.519. The molecule has 0 bridgehead atoms. The van der Waals surface area contributed by atoms with Gasteiger partial charge in [0.15, 0.2) is 0 Å². The maximum Gasteiger partial charge on any atom is 1.00 e. The van der Waals surface area contributed by atoms with E-state index in [4.69, 9.17) is 15.3 Å². The molecule has 0 heterocycles. The van der Waals surface area contributed by atoms with Crippen LogP contribution in [0.2, 0.25) is 0 Å². The Bertz CT molecular complexity index is 1070. The fourth-order valence-electron chi connectivity index (χ4n) is 1.88. The second-order valence-electron chi connectivity index (χ2n) is 5.34. The number of rotatable bonds is 3. The van der Waals surface area contributed by atoms with E-state index in [0.717, 1.165) is 18.2 Å². The van der Waals surface area contributed by atoms with E-state index in [0.29, 0.717) is 5.69 Å².